The Bertz CT molecular complexity index is 543. The van der Waals surface area contributed by atoms with Crippen LogP contribution in [-0.4, -0.2) is 17.3 Å². The third-order valence-corrected chi connectivity index (χ3v) is 4.01. The van der Waals surface area contributed by atoms with Gasteiger partial charge in [-0.15, -0.1) is 0 Å². The zero-order valence-corrected chi connectivity index (χ0v) is 11.7. The Morgan fingerprint density at radius 1 is 1.53 bits per heavy atom. The summed E-state index contributed by atoms with van der Waals surface area (Å²) in [5.74, 6) is 0.883. The highest BCUT2D eigenvalue weighted by atomic mass is 79.9. The number of hydrogen-bond acceptors (Lipinski definition) is 3. The number of nitrogens with zero attached hydrogens (tertiary/aromatic N) is 1. The second kappa shape index (κ2) is 3.78. The second-order valence-corrected chi connectivity index (χ2v) is 5.57. The number of rotatable bonds is 0. The molecule has 0 amide bonds. The fourth-order valence-electron chi connectivity index (χ4n) is 2.28. The van der Waals surface area contributed by atoms with Crippen molar-refractivity contribution in [3.05, 3.63) is 28.2 Å². The first kappa shape index (κ1) is 11.2. The number of thiocarbonyl (C=S) groups is 1. The highest BCUT2D eigenvalue weighted by Crippen LogP contribution is 2.41. The Kier molecular flexibility index (Phi) is 2.48. The van der Waals surface area contributed by atoms with Crippen molar-refractivity contribution >= 4 is 38.8 Å². The summed E-state index contributed by atoms with van der Waals surface area (Å²) in [5.41, 5.74) is 1.53. The first-order chi connectivity index (χ1) is 8.11. The van der Waals surface area contributed by atoms with Gasteiger partial charge in [-0.05, 0) is 25.1 Å². The molecule has 1 aromatic carbocycles. The minimum Gasteiger partial charge on any atom is -0.493 e. The number of benzene rings is 1. The van der Waals surface area contributed by atoms with Crippen molar-refractivity contribution in [1.82, 2.24) is 5.32 Å². The Labute approximate surface area is 113 Å². The van der Waals surface area contributed by atoms with E-state index in [0.29, 0.717) is 6.61 Å². The minimum absolute atomic E-state index is 0.418. The molecule has 0 aromatic heterocycles. The lowest BCUT2D eigenvalue weighted by atomic mass is 9.94. The normalized spacial score (nSPS) is 26.2. The lowest BCUT2D eigenvalue weighted by molar-refractivity contribution is 0.211. The van der Waals surface area contributed by atoms with Gasteiger partial charge in [0.05, 0.1) is 12.3 Å². The van der Waals surface area contributed by atoms with Gasteiger partial charge in [0.1, 0.15) is 10.7 Å². The van der Waals surface area contributed by atoms with Crippen molar-refractivity contribution in [2.45, 2.75) is 19.0 Å². The predicted molar refractivity (Wildman–Crippen MR) is 74.8 cm³/mol. The lowest BCUT2D eigenvalue weighted by Crippen LogP contribution is -2.43. The van der Waals surface area contributed by atoms with Crippen LogP contribution in [0.2, 0.25) is 0 Å². The summed E-state index contributed by atoms with van der Waals surface area (Å²) in [6.45, 7) is 2.60. The van der Waals surface area contributed by atoms with E-state index in [1.807, 2.05) is 25.1 Å². The van der Waals surface area contributed by atoms with Crippen LogP contribution >= 0.6 is 28.1 Å². The molecule has 17 heavy (non-hydrogen) atoms. The molecule has 3 rings (SSSR count). The summed E-state index contributed by atoms with van der Waals surface area (Å²) in [5, 5.41) is 3.33. The second-order valence-electron chi connectivity index (χ2n) is 4.25. The molecule has 2 aliphatic rings. The standard InChI is InChI=1S/C12H11BrN2OS/c1-7-11(17)15-12(14-7)4-5-16-10-3-2-8(13)6-9(10)12/h2-3,6H,4-5H2,1H3,(H,15,17). The Balaban J connectivity index is 2.17. The van der Waals surface area contributed by atoms with Crippen LogP contribution in [-0.2, 0) is 5.66 Å². The molecule has 0 saturated heterocycles. The third kappa shape index (κ3) is 1.68. The minimum atomic E-state index is -0.418. The molecule has 0 radical (unpaired) electrons. The van der Waals surface area contributed by atoms with Gasteiger partial charge in [0.15, 0.2) is 5.66 Å². The molecule has 2 heterocycles. The Morgan fingerprint density at radius 2 is 2.35 bits per heavy atom. The average Bonchev–Trinajstić information content (AvgIpc) is 2.57. The van der Waals surface area contributed by atoms with Crippen LogP contribution < -0.4 is 10.1 Å². The van der Waals surface area contributed by atoms with E-state index in [-0.39, 0.29) is 0 Å². The van der Waals surface area contributed by atoms with E-state index >= 15 is 0 Å². The molecular formula is C12H11BrN2OS. The van der Waals surface area contributed by atoms with Gasteiger partial charge in [-0.1, -0.05) is 28.1 Å². The van der Waals surface area contributed by atoms with E-state index < -0.39 is 5.66 Å². The maximum atomic E-state index is 5.66. The quantitative estimate of drug-likeness (QED) is 0.748. The topological polar surface area (TPSA) is 33.6 Å². The molecule has 2 aliphatic heterocycles. The number of halogens is 1. The molecular weight excluding hydrogens is 300 g/mol. The number of hydrogen-bond donors (Lipinski definition) is 1. The summed E-state index contributed by atoms with van der Waals surface area (Å²) in [6.07, 6.45) is 0.800. The van der Waals surface area contributed by atoms with E-state index in [9.17, 15) is 0 Å². The maximum absolute atomic E-state index is 5.66. The summed E-state index contributed by atoms with van der Waals surface area (Å²) >= 11 is 8.75. The van der Waals surface area contributed by atoms with Crippen LogP contribution in [0, 0.1) is 0 Å². The summed E-state index contributed by atoms with van der Waals surface area (Å²) in [7, 11) is 0. The molecule has 1 unspecified atom stereocenters. The SMILES string of the molecule is CC1=NC2(CCOc3ccc(Br)cc32)NC1=S. The number of aliphatic imine (C=N–C) groups is 1. The fourth-order valence-corrected chi connectivity index (χ4v) is 2.86. The van der Waals surface area contributed by atoms with Crippen LogP contribution in [0.25, 0.3) is 0 Å². The van der Waals surface area contributed by atoms with Crippen molar-refractivity contribution in [2.24, 2.45) is 4.99 Å². The van der Waals surface area contributed by atoms with E-state index in [1.54, 1.807) is 0 Å². The first-order valence-electron chi connectivity index (χ1n) is 5.42. The summed E-state index contributed by atoms with van der Waals surface area (Å²) in [6, 6.07) is 5.99. The number of ether oxygens (including phenoxy) is 1. The number of fused-ring (bicyclic) bond motifs is 2. The molecule has 0 fully saturated rings. The van der Waals surface area contributed by atoms with Gasteiger partial charge in [-0.2, -0.15) is 0 Å². The van der Waals surface area contributed by atoms with Crippen LogP contribution in [0.4, 0.5) is 0 Å². The van der Waals surface area contributed by atoms with Gasteiger partial charge in [0.2, 0.25) is 0 Å². The van der Waals surface area contributed by atoms with Gasteiger partial charge >= 0.3 is 0 Å². The van der Waals surface area contributed by atoms with Crippen LogP contribution in [0.3, 0.4) is 0 Å². The van der Waals surface area contributed by atoms with Gasteiger partial charge in [0, 0.05) is 16.5 Å². The molecule has 0 saturated carbocycles. The zero-order valence-electron chi connectivity index (χ0n) is 9.29. The molecule has 5 heteroatoms. The monoisotopic (exact) mass is 310 g/mol. The van der Waals surface area contributed by atoms with Crippen molar-refractivity contribution in [2.75, 3.05) is 6.61 Å². The van der Waals surface area contributed by atoms with Crippen LogP contribution in [0.1, 0.15) is 18.9 Å². The smallest absolute Gasteiger partial charge is 0.163 e. The molecule has 0 bridgehead atoms. The van der Waals surface area contributed by atoms with Gasteiger partial charge in [-0.25, -0.2) is 0 Å². The molecule has 0 aliphatic carbocycles. The molecule has 1 N–H and O–H groups in total. The first-order valence-corrected chi connectivity index (χ1v) is 6.63. The van der Waals surface area contributed by atoms with Gasteiger partial charge < -0.3 is 10.1 Å². The van der Waals surface area contributed by atoms with Crippen LogP contribution in [0.15, 0.2) is 27.7 Å². The van der Waals surface area contributed by atoms with E-state index in [0.717, 1.165) is 32.9 Å². The van der Waals surface area contributed by atoms with Gasteiger partial charge in [0.25, 0.3) is 0 Å². The van der Waals surface area contributed by atoms with Crippen LogP contribution in [0.5, 0.6) is 5.75 Å². The predicted octanol–water partition coefficient (Wildman–Crippen LogP) is 2.78. The van der Waals surface area contributed by atoms with Crippen molar-refractivity contribution in [3.8, 4) is 5.75 Å². The Morgan fingerprint density at radius 3 is 3.06 bits per heavy atom. The molecule has 3 nitrogen and oxygen atoms in total. The third-order valence-electron chi connectivity index (χ3n) is 3.12. The summed E-state index contributed by atoms with van der Waals surface area (Å²) < 4.78 is 6.68. The largest absolute Gasteiger partial charge is 0.493 e. The highest BCUT2D eigenvalue weighted by Gasteiger charge is 2.42. The molecule has 1 aromatic rings. The molecule has 88 valence electrons. The molecule has 1 atom stereocenters. The van der Waals surface area contributed by atoms with Crippen molar-refractivity contribution in [3.63, 3.8) is 0 Å². The van der Waals surface area contributed by atoms with E-state index in [4.69, 9.17) is 21.9 Å². The average molecular weight is 311 g/mol. The zero-order chi connectivity index (χ0) is 12.0. The van der Waals surface area contributed by atoms with E-state index in [1.165, 1.54) is 0 Å². The highest BCUT2D eigenvalue weighted by molar-refractivity contribution is 9.10. The van der Waals surface area contributed by atoms with Gasteiger partial charge in [-0.3, -0.25) is 4.99 Å². The van der Waals surface area contributed by atoms with E-state index in [2.05, 4.69) is 21.2 Å². The Hall–Kier alpha value is -0.940. The fraction of sp³-hybridized carbons (Fsp3) is 0.333. The maximum Gasteiger partial charge on any atom is 0.163 e. The summed E-state index contributed by atoms with van der Waals surface area (Å²) in [4.78, 5) is 5.44. The molecule has 1 spiro atoms. The lowest BCUT2D eigenvalue weighted by Gasteiger charge is -2.33. The van der Waals surface area contributed by atoms with Crippen molar-refractivity contribution < 1.29 is 4.74 Å². The number of nitrogens with one attached hydrogen (secondary N) is 1. The van der Waals surface area contributed by atoms with Crippen molar-refractivity contribution in [1.29, 1.82) is 0 Å².